The molecule has 1 aliphatic rings. The summed E-state index contributed by atoms with van der Waals surface area (Å²) in [6, 6.07) is 4.67. The van der Waals surface area contributed by atoms with E-state index in [-0.39, 0.29) is 5.91 Å². The van der Waals surface area contributed by atoms with Crippen molar-refractivity contribution in [2.75, 3.05) is 12.4 Å². The van der Waals surface area contributed by atoms with Crippen molar-refractivity contribution in [1.29, 1.82) is 0 Å². The first-order valence-corrected chi connectivity index (χ1v) is 7.13. The van der Waals surface area contributed by atoms with Crippen molar-refractivity contribution in [3.63, 3.8) is 0 Å². The Balaban J connectivity index is 1.88. The Hall–Kier alpha value is -1.78. The van der Waals surface area contributed by atoms with Gasteiger partial charge in [0.15, 0.2) is 0 Å². The van der Waals surface area contributed by atoms with Crippen LogP contribution in [0.25, 0.3) is 0 Å². The molecule has 0 radical (unpaired) electrons. The lowest BCUT2D eigenvalue weighted by atomic mass is 9.91. The Labute approximate surface area is 120 Å². The number of aromatic nitrogens is 1. The summed E-state index contributed by atoms with van der Waals surface area (Å²) in [5, 5.41) is 6.54. The van der Waals surface area contributed by atoms with E-state index in [1.165, 1.54) is 0 Å². The molecule has 1 amide bonds. The van der Waals surface area contributed by atoms with Crippen molar-refractivity contribution in [3.05, 3.63) is 17.8 Å². The predicted octanol–water partition coefficient (Wildman–Crippen LogP) is 2.26. The third-order valence-electron chi connectivity index (χ3n) is 3.76. The molecule has 0 spiro atoms. The largest absolute Gasteiger partial charge is 0.481 e. The van der Waals surface area contributed by atoms with Crippen LogP contribution in [0.5, 0.6) is 5.88 Å². The van der Waals surface area contributed by atoms with Crippen molar-refractivity contribution in [2.24, 2.45) is 0 Å². The number of rotatable bonds is 4. The molecular weight excluding hydrogens is 254 g/mol. The fourth-order valence-electron chi connectivity index (χ4n) is 2.69. The van der Waals surface area contributed by atoms with Gasteiger partial charge in [-0.2, -0.15) is 0 Å². The minimum Gasteiger partial charge on any atom is -0.481 e. The van der Waals surface area contributed by atoms with Crippen LogP contribution in [0.3, 0.4) is 0 Å². The van der Waals surface area contributed by atoms with Crippen molar-refractivity contribution >= 4 is 11.6 Å². The standard InChI is InChI=1S/C15H23N3O2/c1-10-14(8-9-15(16-10)20-3)18-13-6-4-12(5-7-13)17-11(2)19/h8-9,12-13,18H,4-7H2,1-3H3,(H,17,19). The molecule has 1 aromatic heterocycles. The highest BCUT2D eigenvalue weighted by atomic mass is 16.5. The molecule has 1 heterocycles. The molecule has 0 saturated heterocycles. The Bertz CT molecular complexity index is 468. The van der Waals surface area contributed by atoms with Crippen molar-refractivity contribution in [2.45, 2.75) is 51.6 Å². The molecular formula is C15H23N3O2. The van der Waals surface area contributed by atoms with E-state index in [9.17, 15) is 4.79 Å². The zero-order valence-electron chi connectivity index (χ0n) is 12.4. The van der Waals surface area contributed by atoms with Gasteiger partial charge in [0.2, 0.25) is 11.8 Å². The second-order valence-corrected chi connectivity index (χ2v) is 5.38. The summed E-state index contributed by atoms with van der Waals surface area (Å²) in [5.74, 6) is 0.707. The molecule has 0 aromatic carbocycles. The average molecular weight is 277 g/mol. The fourth-order valence-corrected chi connectivity index (χ4v) is 2.69. The van der Waals surface area contributed by atoms with Crippen LogP contribution in [-0.2, 0) is 4.79 Å². The number of anilines is 1. The molecule has 1 aromatic rings. The molecule has 1 saturated carbocycles. The van der Waals surface area contributed by atoms with Crippen LogP contribution in [-0.4, -0.2) is 30.1 Å². The predicted molar refractivity (Wildman–Crippen MR) is 79.0 cm³/mol. The highest BCUT2D eigenvalue weighted by Crippen LogP contribution is 2.24. The van der Waals surface area contributed by atoms with Crippen molar-refractivity contribution in [1.82, 2.24) is 10.3 Å². The molecule has 0 bridgehead atoms. The maximum Gasteiger partial charge on any atom is 0.217 e. The molecule has 20 heavy (non-hydrogen) atoms. The number of methoxy groups -OCH3 is 1. The van der Waals surface area contributed by atoms with E-state index in [2.05, 4.69) is 15.6 Å². The Morgan fingerprint density at radius 3 is 2.45 bits per heavy atom. The van der Waals surface area contributed by atoms with Gasteiger partial charge in [-0.15, -0.1) is 0 Å². The minimum absolute atomic E-state index is 0.0663. The van der Waals surface area contributed by atoms with Gasteiger partial charge < -0.3 is 15.4 Å². The van der Waals surface area contributed by atoms with E-state index in [0.717, 1.165) is 37.1 Å². The maximum absolute atomic E-state index is 11.0. The molecule has 1 aliphatic carbocycles. The molecule has 0 unspecified atom stereocenters. The monoisotopic (exact) mass is 277 g/mol. The number of pyridine rings is 1. The van der Waals surface area contributed by atoms with Crippen LogP contribution in [0, 0.1) is 6.92 Å². The quantitative estimate of drug-likeness (QED) is 0.886. The number of amides is 1. The summed E-state index contributed by atoms with van der Waals surface area (Å²) in [6.45, 7) is 3.56. The molecule has 0 atom stereocenters. The lowest BCUT2D eigenvalue weighted by Crippen LogP contribution is -2.39. The molecule has 0 aliphatic heterocycles. The summed E-state index contributed by atoms with van der Waals surface area (Å²) in [7, 11) is 1.62. The topological polar surface area (TPSA) is 63.2 Å². The highest BCUT2D eigenvalue weighted by molar-refractivity contribution is 5.73. The van der Waals surface area contributed by atoms with Crippen LogP contribution in [0.15, 0.2) is 12.1 Å². The van der Waals surface area contributed by atoms with Gasteiger partial charge in [-0.1, -0.05) is 0 Å². The number of ether oxygens (including phenoxy) is 1. The number of hydrogen-bond acceptors (Lipinski definition) is 4. The zero-order chi connectivity index (χ0) is 14.5. The lowest BCUT2D eigenvalue weighted by molar-refractivity contribution is -0.119. The third-order valence-corrected chi connectivity index (χ3v) is 3.76. The van der Waals surface area contributed by atoms with E-state index in [4.69, 9.17) is 4.74 Å². The van der Waals surface area contributed by atoms with Crippen LogP contribution in [0.2, 0.25) is 0 Å². The first kappa shape index (κ1) is 14.6. The van der Waals surface area contributed by atoms with Crippen LogP contribution < -0.4 is 15.4 Å². The molecule has 110 valence electrons. The van der Waals surface area contributed by atoms with E-state index in [1.807, 2.05) is 19.1 Å². The second kappa shape index (κ2) is 6.59. The number of hydrogen-bond donors (Lipinski definition) is 2. The van der Waals surface area contributed by atoms with E-state index < -0.39 is 0 Å². The number of aryl methyl sites for hydroxylation is 1. The normalized spacial score (nSPS) is 22.1. The van der Waals surface area contributed by atoms with E-state index in [1.54, 1.807) is 14.0 Å². The van der Waals surface area contributed by atoms with Crippen LogP contribution in [0.4, 0.5) is 5.69 Å². The highest BCUT2D eigenvalue weighted by Gasteiger charge is 2.21. The van der Waals surface area contributed by atoms with Gasteiger partial charge in [-0.05, 0) is 38.7 Å². The van der Waals surface area contributed by atoms with Gasteiger partial charge in [-0.25, -0.2) is 4.98 Å². The molecule has 5 nitrogen and oxygen atoms in total. The second-order valence-electron chi connectivity index (χ2n) is 5.38. The minimum atomic E-state index is 0.0663. The SMILES string of the molecule is COc1ccc(NC2CCC(NC(C)=O)CC2)c(C)n1. The van der Waals surface area contributed by atoms with Gasteiger partial charge in [0.05, 0.1) is 18.5 Å². The average Bonchev–Trinajstić information content (AvgIpc) is 2.42. The third kappa shape index (κ3) is 3.85. The Kier molecular flexibility index (Phi) is 4.82. The van der Waals surface area contributed by atoms with Gasteiger partial charge in [0.25, 0.3) is 0 Å². The van der Waals surface area contributed by atoms with Gasteiger partial charge in [0, 0.05) is 25.1 Å². The van der Waals surface area contributed by atoms with Gasteiger partial charge in [-0.3, -0.25) is 4.79 Å². The molecule has 2 N–H and O–H groups in total. The summed E-state index contributed by atoms with van der Waals surface area (Å²) >= 11 is 0. The van der Waals surface area contributed by atoms with Crippen LogP contribution in [0.1, 0.15) is 38.3 Å². The number of carbonyl (C=O) groups excluding carboxylic acids is 1. The number of carbonyl (C=O) groups is 1. The summed E-state index contributed by atoms with van der Waals surface area (Å²) in [5.41, 5.74) is 2.02. The first-order chi connectivity index (χ1) is 9.58. The molecule has 5 heteroatoms. The summed E-state index contributed by atoms with van der Waals surface area (Å²) in [6.07, 6.45) is 4.19. The molecule has 2 rings (SSSR count). The maximum atomic E-state index is 11.0. The Morgan fingerprint density at radius 1 is 1.25 bits per heavy atom. The van der Waals surface area contributed by atoms with Crippen molar-refractivity contribution < 1.29 is 9.53 Å². The zero-order valence-corrected chi connectivity index (χ0v) is 12.4. The van der Waals surface area contributed by atoms with Crippen molar-refractivity contribution in [3.8, 4) is 5.88 Å². The Morgan fingerprint density at radius 2 is 1.90 bits per heavy atom. The van der Waals surface area contributed by atoms with Crippen LogP contribution >= 0.6 is 0 Å². The van der Waals surface area contributed by atoms with Gasteiger partial charge in [0.1, 0.15) is 0 Å². The van der Waals surface area contributed by atoms with E-state index >= 15 is 0 Å². The fraction of sp³-hybridized carbons (Fsp3) is 0.600. The summed E-state index contributed by atoms with van der Waals surface area (Å²) in [4.78, 5) is 15.4. The smallest absolute Gasteiger partial charge is 0.217 e. The van der Waals surface area contributed by atoms with Gasteiger partial charge >= 0.3 is 0 Å². The lowest BCUT2D eigenvalue weighted by Gasteiger charge is -2.30. The number of nitrogens with one attached hydrogen (secondary N) is 2. The molecule has 1 fully saturated rings. The number of nitrogens with zero attached hydrogens (tertiary/aromatic N) is 1. The summed E-state index contributed by atoms with van der Waals surface area (Å²) < 4.78 is 5.11. The first-order valence-electron chi connectivity index (χ1n) is 7.13. The van der Waals surface area contributed by atoms with E-state index in [0.29, 0.717) is 18.0 Å².